The Morgan fingerprint density at radius 1 is 0.950 bits per heavy atom. The monoisotopic (exact) mass is 283 g/mol. The van der Waals surface area contributed by atoms with Crippen molar-refractivity contribution in [2.24, 2.45) is 4.99 Å². The quantitative estimate of drug-likeness (QED) is 0.932. The zero-order valence-corrected chi connectivity index (χ0v) is 12.0. The number of hydrogen-bond acceptors (Lipinski definition) is 3. The molecule has 0 aliphatic carbocycles. The van der Waals surface area contributed by atoms with Gasteiger partial charge < -0.3 is 5.11 Å². The second-order valence-electron chi connectivity index (χ2n) is 4.89. The summed E-state index contributed by atoms with van der Waals surface area (Å²) in [4.78, 5) is 4.49. The van der Waals surface area contributed by atoms with Crippen molar-refractivity contribution in [1.29, 1.82) is 0 Å². The zero-order chi connectivity index (χ0) is 13.8. The van der Waals surface area contributed by atoms with Gasteiger partial charge in [0.25, 0.3) is 0 Å². The van der Waals surface area contributed by atoms with Crippen LogP contribution in [-0.2, 0) is 5.60 Å². The molecule has 2 nitrogen and oxygen atoms in total. The van der Waals surface area contributed by atoms with E-state index in [1.54, 1.807) is 11.8 Å². The molecule has 1 N–H and O–H groups in total. The van der Waals surface area contributed by atoms with E-state index in [9.17, 15) is 5.11 Å². The Kier molecular flexibility index (Phi) is 3.90. The number of aliphatic imine (C=N–C) groups is 1. The van der Waals surface area contributed by atoms with Crippen molar-refractivity contribution in [2.75, 3.05) is 12.3 Å². The summed E-state index contributed by atoms with van der Waals surface area (Å²) in [5.74, 6) is 1.02. The van der Waals surface area contributed by atoms with Crippen molar-refractivity contribution in [3.8, 4) is 0 Å². The highest BCUT2D eigenvalue weighted by Gasteiger charge is 2.33. The summed E-state index contributed by atoms with van der Waals surface area (Å²) in [6.45, 7) is 0.861. The van der Waals surface area contributed by atoms with Crippen molar-refractivity contribution < 1.29 is 5.11 Å². The van der Waals surface area contributed by atoms with Crippen molar-refractivity contribution >= 4 is 16.8 Å². The van der Waals surface area contributed by atoms with Crippen LogP contribution in [0, 0.1) is 0 Å². The third-order valence-corrected chi connectivity index (χ3v) is 4.55. The molecular formula is C17H17NOS. The van der Waals surface area contributed by atoms with Gasteiger partial charge in [0.2, 0.25) is 0 Å². The van der Waals surface area contributed by atoms with Gasteiger partial charge in [-0.15, -0.1) is 11.8 Å². The third-order valence-electron chi connectivity index (χ3n) is 3.56. The van der Waals surface area contributed by atoms with E-state index >= 15 is 0 Å². The molecule has 3 rings (SSSR count). The van der Waals surface area contributed by atoms with Gasteiger partial charge in [-0.25, -0.2) is 0 Å². The van der Waals surface area contributed by atoms with E-state index in [-0.39, 0.29) is 0 Å². The first-order chi connectivity index (χ1) is 9.79. The van der Waals surface area contributed by atoms with Crippen LogP contribution in [0.1, 0.15) is 17.5 Å². The van der Waals surface area contributed by atoms with Gasteiger partial charge in [-0.3, -0.25) is 4.99 Å². The Bertz CT molecular complexity index is 555. The summed E-state index contributed by atoms with van der Waals surface area (Å²) in [5, 5.41) is 12.4. The lowest BCUT2D eigenvalue weighted by Crippen LogP contribution is -2.29. The van der Waals surface area contributed by atoms with E-state index in [1.807, 2.05) is 60.7 Å². The van der Waals surface area contributed by atoms with Crippen molar-refractivity contribution in [2.45, 2.75) is 12.0 Å². The molecule has 0 fully saturated rings. The van der Waals surface area contributed by atoms with Gasteiger partial charge in [0.15, 0.2) is 0 Å². The van der Waals surface area contributed by atoms with Crippen LogP contribution in [0.4, 0.5) is 0 Å². The number of aliphatic hydroxyl groups is 1. The highest BCUT2D eigenvalue weighted by molar-refractivity contribution is 8.14. The molecule has 1 aliphatic heterocycles. The van der Waals surface area contributed by atoms with Crippen LogP contribution in [0.25, 0.3) is 0 Å². The molecule has 102 valence electrons. The van der Waals surface area contributed by atoms with E-state index < -0.39 is 5.60 Å². The molecule has 3 heteroatoms. The third kappa shape index (κ3) is 2.65. The highest BCUT2D eigenvalue weighted by atomic mass is 32.2. The van der Waals surface area contributed by atoms with E-state index in [2.05, 4.69) is 4.99 Å². The molecular weight excluding hydrogens is 266 g/mol. The van der Waals surface area contributed by atoms with Crippen LogP contribution >= 0.6 is 11.8 Å². The first-order valence-electron chi connectivity index (χ1n) is 6.78. The average Bonchev–Trinajstić information content (AvgIpc) is 3.02. The SMILES string of the molecule is OC(CC1=NCCS1)(c1ccccc1)c1ccccc1. The summed E-state index contributed by atoms with van der Waals surface area (Å²) < 4.78 is 0. The van der Waals surface area contributed by atoms with Gasteiger partial charge in [0.05, 0.1) is 5.04 Å². The minimum atomic E-state index is -1.00. The fraction of sp³-hybridized carbons (Fsp3) is 0.235. The molecule has 0 bridgehead atoms. The van der Waals surface area contributed by atoms with E-state index in [4.69, 9.17) is 0 Å². The van der Waals surface area contributed by atoms with Crippen molar-refractivity contribution in [1.82, 2.24) is 0 Å². The maximum Gasteiger partial charge on any atom is 0.121 e. The van der Waals surface area contributed by atoms with Gasteiger partial charge in [-0.2, -0.15) is 0 Å². The predicted molar refractivity (Wildman–Crippen MR) is 85.3 cm³/mol. The Morgan fingerprint density at radius 2 is 1.50 bits per heavy atom. The molecule has 0 aromatic heterocycles. The minimum absolute atomic E-state index is 0.547. The number of nitrogens with zero attached hydrogens (tertiary/aromatic N) is 1. The van der Waals surface area contributed by atoms with Crippen molar-refractivity contribution in [3.63, 3.8) is 0 Å². The summed E-state index contributed by atoms with van der Waals surface area (Å²) in [6, 6.07) is 19.7. The van der Waals surface area contributed by atoms with Gasteiger partial charge in [0.1, 0.15) is 5.60 Å². The van der Waals surface area contributed by atoms with E-state index in [1.165, 1.54) is 0 Å². The van der Waals surface area contributed by atoms with Crippen LogP contribution < -0.4 is 0 Å². The topological polar surface area (TPSA) is 32.6 Å². The molecule has 1 heterocycles. The molecule has 0 atom stereocenters. The summed E-state index contributed by atoms with van der Waals surface area (Å²) >= 11 is 1.75. The first kappa shape index (κ1) is 13.4. The summed E-state index contributed by atoms with van der Waals surface area (Å²) in [7, 11) is 0. The van der Waals surface area contributed by atoms with Crippen LogP contribution in [0.2, 0.25) is 0 Å². The molecule has 0 unspecified atom stereocenters. The van der Waals surface area contributed by atoms with Gasteiger partial charge in [-0.05, 0) is 11.1 Å². The molecule has 0 saturated carbocycles. The molecule has 0 saturated heterocycles. The standard InChI is InChI=1S/C17H17NOS/c19-17(13-16-18-11-12-20-16,14-7-3-1-4-8-14)15-9-5-2-6-10-15/h1-10,19H,11-13H2. The molecule has 2 aromatic rings. The van der Waals surface area contributed by atoms with E-state index in [0.717, 1.165) is 28.5 Å². The Hall–Kier alpha value is -1.58. The molecule has 20 heavy (non-hydrogen) atoms. The van der Waals surface area contributed by atoms with Gasteiger partial charge >= 0.3 is 0 Å². The maximum atomic E-state index is 11.3. The Balaban J connectivity index is 2.03. The van der Waals surface area contributed by atoms with Crippen molar-refractivity contribution in [3.05, 3.63) is 71.8 Å². The molecule has 0 radical (unpaired) electrons. The fourth-order valence-electron chi connectivity index (χ4n) is 2.50. The number of benzene rings is 2. The Morgan fingerprint density at radius 3 is 1.95 bits per heavy atom. The number of thioether (sulfide) groups is 1. The van der Waals surface area contributed by atoms with Crippen LogP contribution in [-0.4, -0.2) is 22.4 Å². The van der Waals surface area contributed by atoms with Gasteiger partial charge in [-0.1, -0.05) is 60.7 Å². The average molecular weight is 283 g/mol. The second-order valence-corrected chi connectivity index (χ2v) is 6.06. The Labute approximate surface area is 123 Å². The largest absolute Gasteiger partial charge is 0.380 e. The first-order valence-corrected chi connectivity index (χ1v) is 7.77. The molecule has 0 spiro atoms. The second kappa shape index (κ2) is 5.81. The van der Waals surface area contributed by atoms with Crippen LogP contribution in [0.5, 0.6) is 0 Å². The fourth-order valence-corrected chi connectivity index (χ4v) is 3.42. The normalized spacial score (nSPS) is 15.2. The summed E-state index contributed by atoms with van der Waals surface area (Å²) in [5.41, 5.74) is 0.835. The molecule has 0 amide bonds. The lowest BCUT2D eigenvalue weighted by atomic mass is 9.84. The molecule has 2 aromatic carbocycles. The van der Waals surface area contributed by atoms with E-state index in [0.29, 0.717) is 6.42 Å². The minimum Gasteiger partial charge on any atom is -0.380 e. The van der Waals surface area contributed by atoms with Crippen LogP contribution in [0.3, 0.4) is 0 Å². The summed E-state index contributed by atoms with van der Waals surface area (Å²) in [6.07, 6.45) is 0.547. The molecule has 1 aliphatic rings. The predicted octanol–water partition coefficient (Wildman–Crippen LogP) is 3.46. The lowest BCUT2D eigenvalue weighted by Gasteiger charge is -2.29. The smallest absolute Gasteiger partial charge is 0.121 e. The lowest BCUT2D eigenvalue weighted by molar-refractivity contribution is 0.0897. The number of hydrogen-bond donors (Lipinski definition) is 1. The van der Waals surface area contributed by atoms with Crippen LogP contribution in [0.15, 0.2) is 65.7 Å². The maximum absolute atomic E-state index is 11.3. The number of rotatable bonds is 4. The van der Waals surface area contributed by atoms with Gasteiger partial charge in [0, 0.05) is 18.7 Å². The highest BCUT2D eigenvalue weighted by Crippen LogP contribution is 2.35. The zero-order valence-electron chi connectivity index (χ0n) is 11.2.